The molecule has 126 valence electrons. The normalized spacial score (nSPS) is 18.4. The molecule has 0 aliphatic carbocycles. The van der Waals surface area contributed by atoms with Crippen LogP contribution in [0.1, 0.15) is 37.4 Å². The highest BCUT2D eigenvalue weighted by Gasteiger charge is 2.34. The number of carbonyl (C=O) groups is 1. The number of rotatable bonds is 4. The van der Waals surface area contributed by atoms with Crippen molar-refractivity contribution in [1.29, 1.82) is 0 Å². The molecule has 0 radical (unpaired) electrons. The molecule has 0 bridgehead atoms. The van der Waals surface area contributed by atoms with Crippen LogP contribution in [0, 0.1) is 6.92 Å². The van der Waals surface area contributed by atoms with Crippen molar-refractivity contribution in [1.82, 2.24) is 5.32 Å². The zero-order chi connectivity index (χ0) is 17.2. The summed E-state index contributed by atoms with van der Waals surface area (Å²) in [5.41, 5.74) is 1.94. The van der Waals surface area contributed by atoms with Crippen LogP contribution in [0.15, 0.2) is 53.4 Å². The fourth-order valence-electron chi connectivity index (χ4n) is 2.99. The van der Waals surface area contributed by atoms with Gasteiger partial charge in [0, 0.05) is 16.9 Å². The highest BCUT2D eigenvalue weighted by molar-refractivity contribution is 8.00. The molecule has 1 amide bonds. The maximum absolute atomic E-state index is 12.4. The van der Waals surface area contributed by atoms with E-state index < -0.39 is 0 Å². The van der Waals surface area contributed by atoms with Crippen molar-refractivity contribution in [2.24, 2.45) is 0 Å². The molecule has 4 heteroatoms. The van der Waals surface area contributed by atoms with Gasteiger partial charge < -0.3 is 10.1 Å². The van der Waals surface area contributed by atoms with Gasteiger partial charge in [0.15, 0.2) is 0 Å². The van der Waals surface area contributed by atoms with Gasteiger partial charge in [-0.1, -0.05) is 30.3 Å². The summed E-state index contributed by atoms with van der Waals surface area (Å²) in [6, 6.07) is 16.2. The maximum Gasteiger partial charge on any atom is 0.230 e. The van der Waals surface area contributed by atoms with Crippen molar-refractivity contribution in [2.75, 3.05) is 5.75 Å². The SMILES string of the molecule is Cc1ccc2c(c1)OC(C)(C)CC2NC(=O)CSc1ccccc1. The fourth-order valence-corrected chi connectivity index (χ4v) is 3.72. The van der Waals surface area contributed by atoms with Gasteiger partial charge in [0.2, 0.25) is 5.91 Å². The van der Waals surface area contributed by atoms with Crippen LogP contribution in [0.5, 0.6) is 5.75 Å². The Bertz CT molecular complexity index is 728. The molecule has 0 saturated carbocycles. The van der Waals surface area contributed by atoms with E-state index in [1.165, 1.54) is 0 Å². The number of hydrogen-bond donors (Lipinski definition) is 1. The number of thioether (sulfide) groups is 1. The molecule has 1 N–H and O–H groups in total. The van der Waals surface area contributed by atoms with Gasteiger partial charge in [-0.15, -0.1) is 11.8 Å². The first-order valence-electron chi connectivity index (χ1n) is 8.20. The lowest BCUT2D eigenvalue weighted by Crippen LogP contribution is -2.41. The molecule has 0 aromatic heterocycles. The second-order valence-corrected chi connectivity index (χ2v) is 7.88. The van der Waals surface area contributed by atoms with Gasteiger partial charge in [-0.3, -0.25) is 4.79 Å². The van der Waals surface area contributed by atoms with E-state index in [1.807, 2.05) is 36.4 Å². The number of hydrogen-bond acceptors (Lipinski definition) is 3. The average molecular weight is 341 g/mol. The summed E-state index contributed by atoms with van der Waals surface area (Å²) < 4.78 is 6.08. The summed E-state index contributed by atoms with van der Waals surface area (Å²) in [7, 11) is 0. The minimum absolute atomic E-state index is 0.00627. The molecule has 1 heterocycles. The molecule has 1 aliphatic rings. The summed E-state index contributed by atoms with van der Waals surface area (Å²) in [4.78, 5) is 13.5. The lowest BCUT2D eigenvalue weighted by Gasteiger charge is -2.38. The number of benzene rings is 2. The highest BCUT2D eigenvalue weighted by atomic mass is 32.2. The van der Waals surface area contributed by atoms with Crippen LogP contribution >= 0.6 is 11.8 Å². The van der Waals surface area contributed by atoms with Crippen molar-refractivity contribution >= 4 is 17.7 Å². The molecular weight excluding hydrogens is 318 g/mol. The van der Waals surface area contributed by atoms with Crippen molar-refractivity contribution in [3.05, 3.63) is 59.7 Å². The van der Waals surface area contributed by atoms with Crippen molar-refractivity contribution < 1.29 is 9.53 Å². The van der Waals surface area contributed by atoms with E-state index in [2.05, 4.69) is 38.2 Å². The fraction of sp³-hybridized carbons (Fsp3) is 0.350. The molecule has 1 aliphatic heterocycles. The third-order valence-corrected chi connectivity index (χ3v) is 5.09. The number of nitrogens with one attached hydrogen (secondary N) is 1. The second kappa shape index (κ2) is 6.89. The van der Waals surface area contributed by atoms with Gasteiger partial charge in [0.05, 0.1) is 11.8 Å². The number of carbonyl (C=O) groups excluding carboxylic acids is 1. The Labute approximate surface area is 147 Å². The molecule has 0 fully saturated rings. The van der Waals surface area contributed by atoms with Crippen LogP contribution in [-0.2, 0) is 4.79 Å². The summed E-state index contributed by atoms with van der Waals surface area (Å²) in [6.07, 6.45) is 0.769. The Morgan fingerprint density at radius 3 is 2.75 bits per heavy atom. The minimum atomic E-state index is -0.286. The topological polar surface area (TPSA) is 38.3 Å². The Kier molecular flexibility index (Phi) is 4.86. The number of fused-ring (bicyclic) bond motifs is 1. The Hall–Kier alpha value is -1.94. The highest BCUT2D eigenvalue weighted by Crippen LogP contribution is 2.39. The third kappa shape index (κ3) is 4.12. The molecule has 1 atom stereocenters. The molecule has 1 unspecified atom stereocenters. The minimum Gasteiger partial charge on any atom is -0.487 e. The first-order chi connectivity index (χ1) is 11.4. The van der Waals surface area contributed by atoms with Crippen molar-refractivity contribution in [3.63, 3.8) is 0 Å². The molecule has 3 nitrogen and oxygen atoms in total. The van der Waals surface area contributed by atoms with E-state index in [4.69, 9.17) is 4.74 Å². The predicted molar refractivity (Wildman–Crippen MR) is 98.6 cm³/mol. The number of ether oxygens (including phenoxy) is 1. The zero-order valence-electron chi connectivity index (χ0n) is 14.3. The Morgan fingerprint density at radius 1 is 1.25 bits per heavy atom. The Morgan fingerprint density at radius 2 is 2.00 bits per heavy atom. The van der Waals surface area contributed by atoms with E-state index in [0.717, 1.165) is 28.2 Å². The van der Waals surface area contributed by atoms with Crippen LogP contribution in [-0.4, -0.2) is 17.3 Å². The molecule has 3 rings (SSSR count). The summed E-state index contributed by atoms with van der Waals surface area (Å²) in [5.74, 6) is 1.36. The second-order valence-electron chi connectivity index (χ2n) is 6.83. The third-order valence-electron chi connectivity index (χ3n) is 4.07. The lowest BCUT2D eigenvalue weighted by molar-refractivity contribution is -0.119. The van der Waals surface area contributed by atoms with Gasteiger partial charge >= 0.3 is 0 Å². The zero-order valence-corrected chi connectivity index (χ0v) is 15.2. The van der Waals surface area contributed by atoms with Crippen LogP contribution in [0.25, 0.3) is 0 Å². The van der Waals surface area contributed by atoms with E-state index in [-0.39, 0.29) is 17.6 Å². The van der Waals surface area contributed by atoms with Crippen LogP contribution in [0.3, 0.4) is 0 Å². The summed E-state index contributed by atoms with van der Waals surface area (Å²) in [6.45, 7) is 6.18. The van der Waals surface area contributed by atoms with Gasteiger partial charge in [0.25, 0.3) is 0 Å². The van der Waals surface area contributed by atoms with E-state index in [9.17, 15) is 4.79 Å². The number of amides is 1. The van der Waals surface area contributed by atoms with Gasteiger partial charge in [-0.25, -0.2) is 0 Å². The van der Waals surface area contributed by atoms with Crippen molar-refractivity contribution in [2.45, 2.75) is 43.7 Å². The van der Waals surface area contributed by atoms with Gasteiger partial charge in [-0.05, 0) is 44.5 Å². The molecule has 0 saturated heterocycles. The van der Waals surface area contributed by atoms with Crippen molar-refractivity contribution in [3.8, 4) is 5.75 Å². The van der Waals surface area contributed by atoms with Gasteiger partial charge in [-0.2, -0.15) is 0 Å². The number of aryl methyl sites for hydroxylation is 1. The standard InChI is InChI=1S/C20H23NO2S/c1-14-9-10-16-17(12-20(2,3)23-18(16)11-14)21-19(22)13-24-15-7-5-4-6-8-15/h4-11,17H,12-13H2,1-3H3,(H,21,22). The summed E-state index contributed by atoms with van der Waals surface area (Å²) in [5, 5.41) is 3.18. The van der Waals surface area contributed by atoms with Gasteiger partial charge in [0.1, 0.15) is 11.4 Å². The average Bonchev–Trinajstić information content (AvgIpc) is 2.52. The van der Waals surface area contributed by atoms with Crippen LogP contribution in [0.2, 0.25) is 0 Å². The van der Waals surface area contributed by atoms with Crippen LogP contribution < -0.4 is 10.1 Å². The largest absolute Gasteiger partial charge is 0.487 e. The van der Waals surface area contributed by atoms with Crippen LogP contribution in [0.4, 0.5) is 0 Å². The van der Waals surface area contributed by atoms with E-state index in [1.54, 1.807) is 11.8 Å². The molecule has 24 heavy (non-hydrogen) atoms. The molecular formula is C20H23NO2S. The maximum atomic E-state index is 12.4. The first-order valence-corrected chi connectivity index (χ1v) is 9.18. The quantitative estimate of drug-likeness (QED) is 0.832. The Balaban J connectivity index is 1.69. The lowest BCUT2D eigenvalue weighted by atomic mass is 9.89. The van der Waals surface area contributed by atoms with E-state index in [0.29, 0.717) is 5.75 Å². The molecule has 2 aromatic carbocycles. The first kappa shape index (κ1) is 16.9. The predicted octanol–water partition coefficient (Wildman–Crippen LogP) is 4.51. The molecule has 0 spiro atoms. The molecule has 2 aromatic rings. The summed E-state index contributed by atoms with van der Waals surface area (Å²) >= 11 is 1.56. The monoisotopic (exact) mass is 341 g/mol. The smallest absolute Gasteiger partial charge is 0.230 e. The van der Waals surface area contributed by atoms with E-state index >= 15 is 0 Å².